The molecule has 0 heterocycles. The molecule has 35 heavy (non-hydrogen) atoms. The molecule has 0 aromatic heterocycles. The predicted octanol–water partition coefficient (Wildman–Crippen LogP) is 7.61. The van der Waals surface area contributed by atoms with Crippen LogP contribution in [0.4, 0.5) is 13.2 Å². The van der Waals surface area contributed by atoms with E-state index in [0.29, 0.717) is 20.4 Å². The predicted molar refractivity (Wildman–Crippen MR) is 129 cm³/mol. The lowest BCUT2D eigenvalue weighted by Crippen LogP contribution is -2.15. The lowest BCUT2D eigenvalue weighted by atomic mass is 10.2. The highest BCUT2D eigenvalue weighted by Crippen LogP contribution is 2.68. The van der Waals surface area contributed by atoms with Gasteiger partial charge in [-0.15, -0.1) is 7.49 Å². The summed E-state index contributed by atoms with van der Waals surface area (Å²) in [7, 11) is -6.12. The van der Waals surface area contributed by atoms with Crippen molar-refractivity contribution in [3.63, 3.8) is 0 Å². The maximum absolute atomic E-state index is 13.8. The van der Waals surface area contributed by atoms with Crippen LogP contribution in [0.15, 0.2) is 129 Å². The zero-order valence-electron chi connectivity index (χ0n) is 18.5. The fourth-order valence-corrected chi connectivity index (χ4v) is 9.09. The van der Waals surface area contributed by atoms with Crippen molar-refractivity contribution in [1.82, 2.24) is 0 Å². The van der Waals surface area contributed by atoms with Crippen LogP contribution in [0.2, 0.25) is 0 Å². The van der Waals surface area contributed by atoms with E-state index in [0.717, 1.165) is 12.1 Å². The van der Waals surface area contributed by atoms with Crippen LogP contribution in [0.1, 0.15) is 5.56 Å². The van der Waals surface area contributed by atoms with E-state index < -0.39 is 37.1 Å². The monoisotopic (exact) mass is 519 g/mol. The Balaban J connectivity index is 2.13. The van der Waals surface area contributed by atoms with Gasteiger partial charge in [-0.1, -0.05) is 48.5 Å². The molecule has 1 atom stereocenters. The van der Waals surface area contributed by atoms with Crippen LogP contribution in [0.3, 0.4) is 0 Å². The lowest BCUT2D eigenvalue weighted by Gasteiger charge is -2.26. The third-order valence-corrected chi connectivity index (χ3v) is 10.5. The Morgan fingerprint density at radius 2 is 1.17 bits per heavy atom. The van der Waals surface area contributed by atoms with Crippen molar-refractivity contribution >= 4 is 20.4 Å². The molecule has 0 fully saturated rings. The van der Waals surface area contributed by atoms with Crippen molar-refractivity contribution in [3.05, 3.63) is 115 Å². The first-order chi connectivity index (χ1) is 16.7. The molecule has 1 N–H and O–H groups in total. The molecule has 0 aliphatic rings. The molecule has 0 saturated carbocycles. The summed E-state index contributed by atoms with van der Waals surface area (Å²) in [6.45, 7) is 0. The molecular weight excluding hydrogens is 497 g/mol. The molecule has 0 amide bonds. The minimum atomic E-state index is -4.84. The quantitative estimate of drug-likeness (QED) is 0.211. The van der Waals surface area contributed by atoms with Crippen molar-refractivity contribution in [2.45, 2.75) is 25.8 Å². The number of benzene rings is 4. The van der Waals surface area contributed by atoms with Gasteiger partial charge in [-0.25, -0.2) is 4.55 Å². The molecule has 4 rings (SSSR count). The first-order valence-corrected chi connectivity index (χ1v) is 13.4. The lowest BCUT2D eigenvalue weighted by molar-refractivity contribution is -0.140. The van der Waals surface area contributed by atoms with E-state index in [9.17, 15) is 21.9 Å². The average Bonchev–Trinajstić information content (AvgIpc) is 2.88. The Hall–Kier alpha value is -3.27. The van der Waals surface area contributed by atoms with E-state index >= 15 is 0 Å². The minimum Gasteiger partial charge on any atom is -0.497 e. The number of ether oxygens (including phenoxy) is 1. The van der Waals surface area contributed by atoms with Crippen LogP contribution in [-0.4, -0.2) is 15.9 Å². The maximum Gasteiger partial charge on any atom is 0.455 e. The Kier molecular flexibility index (Phi) is 6.93. The highest BCUT2D eigenvalue weighted by molar-refractivity contribution is 8.30. The summed E-state index contributed by atoms with van der Waals surface area (Å²) >= 11 is 0. The van der Waals surface area contributed by atoms with Crippen molar-refractivity contribution < 1.29 is 30.0 Å². The molecule has 0 aliphatic heterocycles. The summed E-state index contributed by atoms with van der Waals surface area (Å²) in [5.74, 6) is 0.551. The summed E-state index contributed by atoms with van der Waals surface area (Å²) in [5.41, 5.74) is -1.23. The van der Waals surface area contributed by atoms with E-state index in [-0.39, 0.29) is 0 Å². The number of rotatable bonds is 6. The number of hydrogen-bond donors (Lipinski definition) is 1. The van der Waals surface area contributed by atoms with Crippen LogP contribution >= 0.6 is 10.3 Å². The molecule has 9 heteroatoms. The van der Waals surface area contributed by atoms with Gasteiger partial charge in [0.05, 0.1) is 27.4 Å². The molecule has 0 bridgehead atoms. The van der Waals surface area contributed by atoms with Crippen molar-refractivity contribution in [2.75, 3.05) is 7.11 Å². The molecule has 182 valence electrons. The second-order valence-corrected chi connectivity index (χ2v) is 11.9. The van der Waals surface area contributed by atoms with E-state index in [1.807, 2.05) is 0 Å². The smallest absolute Gasteiger partial charge is 0.455 e. The maximum atomic E-state index is 13.8. The van der Waals surface area contributed by atoms with Gasteiger partial charge < -0.3 is 4.74 Å². The van der Waals surface area contributed by atoms with Gasteiger partial charge >= 0.3 is 16.3 Å². The molecule has 1 unspecified atom stereocenters. The first kappa shape index (κ1) is 24.8. The summed E-state index contributed by atoms with van der Waals surface area (Å²) < 4.78 is 77.5. The van der Waals surface area contributed by atoms with Crippen LogP contribution in [0, 0.1) is 0 Å². The first-order valence-electron chi connectivity index (χ1n) is 10.4. The zero-order valence-corrected chi connectivity index (χ0v) is 20.1. The highest BCUT2D eigenvalue weighted by atomic mass is 32.3. The van der Waals surface area contributed by atoms with Crippen LogP contribution in [0.5, 0.6) is 5.75 Å². The minimum absolute atomic E-state index is 0.516. The second-order valence-electron chi connectivity index (χ2n) is 7.39. The summed E-state index contributed by atoms with van der Waals surface area (Å²) in [4.78, 5) is 0.775. The van der Waals surface area contributed by atoms with Crippen molar-refractivity contribution in [2.24, 2.45) is 0 Å². The number of halogens is 3. The molecule has 0 spiro atoms. The SMILES string of the molecule is COc1ccc(S([O+]=S(=O)(O)c2ccccc2C(F)(F)F)(c2ccccc2)c2ccccc2)cc1. The summed E-state index contributed by atoms with van der Waals surface area (Å²) in [6, 6.07) is 28.4. The average molecular weight is 520 g/mol. The van der Waals surface area contributed by atoms with Crippen LogP contribution < -0.4 is 4.74 Å². The number of hydrogen-bond acceptors (Lipinski definition) is 2. The second kappa shape index (κ2) is 9.77. The van der Waals surface area contributed by atoms with Gasteiger partial charge in [-0.05, 0) is 60.7 Å². The molecule has 0 radical (unpaired) electrons. The van der Waals surface area contributed by atoms with Gasteiger partial charge in [0.1, 0.15) is 5.75 Å². The van der Waals surface area contributed by atoms with Gasteiger partial charge in [0.25, 0.3) is 0 Å². The van der Waals surface area contributed by atoms with Crippen molar-refractivity contribution in [1.29, 1.82) is 0 Å². The molecule has 0 aliphatic carbocycles. The molecule has 4 aromatic carbocycles. The topological polar surface area (TPSA) is 57.8 Å². The standard InChI is InChI=1S/C26H21F3O4S2/c1-32-20-16-18-23(19-17-20)34(21-10-4-2-5-11-21,22-12-6-3-7-13-22)33-35(30,31)25-15-9-8-14-24(25)26(27,28)29/h2-19H,1H3/p+1. The van der Waals surface area contributed by atoms with Gasteiger partial charge in [0, 0.05) is 0 Å². The molecule has 4 aromatic rings. The molecule has 4 nitrogen and oxygen atoms in total. The van der Waals surface area contributed by atoms with E-state index in [1.54, 1.807) is 84.9 Å². The van der Waals surface area contributed by atoms with Gasteiger partial charge in [-0.2, -0.15) is 13.2 Å². The van der Waals surface area contributed by atoms with Crippen LogP contribution in [0.25, 0.3) is 0 Å². The third kappa shape index (κ3) is 4.93. The largest absolute Gasteiger partial charge is 0.497 e. The third-order valence-electron chi connectivity index (χ3n) is 5.21. The van der Waals surface area contributed by atoms with Gasteiger partial charge in [0.15, 0.2) is 15.2 Å². The van der Waals surface area contributed by atoms with Crippen molar-refractivity contribution in [3.8, 4) is 5.75 Å². The number of methoxy groups -OCH3 is 1. The fraction of sp³-hybridized carbons (Fsp3) is 0.0769. The van der Waals surface area contributed by atoms with Gasteiger partial charge in [-0.3, -0.25) is 0 Å². The van der Waals surface area contributed by atoms with E-state index in [4.69, 9.17) is 8.02 Å². The Morgan fingerprint density at radius 3 is 1.66 bits per heavy atom. The normalized spacial score (nSPS) is 14.1. The summed E-state index contributed by atoms with van der Waals surface area (Å²) in [6.07, 6.45) is -4.84. The van der Waals surface area contributed by atoms with Crippen LogP contribution in [-0.2, 0) is 19.6 Å². The van der Waals surface area contributed by atoms with E-state index in [1.165, 1.54) is 19.2 Å². The molecular formula is C26H22F3O4S2+. The Bertz CT molecular complexity index is 1380. The molecule has 0 saturated heterocycles. The zero-order chi connectivity index (χ0) is 25.1. The Morgan fingerprint density at radius 1 is 0.714 bits per heavy atom. The summed E-state index contributed by atoms with van der Waals surface area (Å²) in [5, 5.41) is 0. The van der Waals surface area contributed by atoms with E-state index in [2.05, 4.69) is 0 Å². The Labute approximate surface area is 203 Å². The highest BCUT2D eigenvalue weighted by Gasteiger charge is 2.47. The number of alkyl halides is 3. The fourth-order valence-electron chi connectivity index (χ4n) is 3.62. The van der Waals surface area contributed by atoms with Gasteiger partial charge in [0.2, 0.25) is 0 Å².